The summed E-state index contributed by atoms with van der Waals surface area (Å²) in [7, 11) is 0.128. The minimum absolute atomic E-state index is 0.00721. The lowest BCUT2D eigenvalue weighted by molar-refractivity contribution is -0.140. The summed E-state index contributed by atoms with van der Waals surface area (Å²) < 4.78 is 46.3. The van der Waals surface area contributed by atoms with Crippen LogP contribution in [0.5, 0.6) is 17.2 Å². The summed E-state index contributed by atoms with van der Waals surface area (Å²) in [5.41, 5.74) is 2.83. The van der Waals surface area contributed by atoms with E-state index in [1.165, 1.54) is 37.3 Å². The third-order valence-electron chi connectivity index (χ3n) is 9.25. The minimum atomic E-state index is -4.33. The maximum atomic E-state index is 14.8. The number of benzene rings is 4. The molecule has 1 N–H and O–H groups in total. The monoisotopic (exact) mass is 713 g/mol. The molecule has 0 heterocycles. The maximum absolute atomic E-state index is 14.8. The summed E-state index contributed by atoms with van der Waals surface area (Å²) in [6.07, 6.45) is 5.17. The quantitative estimate of drug-likeness (QED) is 0.154. The molecule has 0 radical (unpaired) electrons. The van der Waals surface area contributed by atoms with Crippen LogP contribution in [0.15, 0.2) is 102 Å². The van der Waals surface area contributed by atoms with E-state index in [9.17, 15) is 18.0 Å². The van der Waals surface area contributed by atoms with Crippen molar-refractivity contribution in [2.45, 2.75) is 69.0 Å². The fraction of sp³-hybridized carbons (Fsp3) is 0.350. The van der Waals surface area contributed by atoms with Crippen LogP contribution >= 0.6 is 0 Å². The van der Waals surface area contributed by atoms with E-state index in [1.54, 1.807) is 31.4 Å². The van der Waals surface area contributed by atoms with Gasteiger partial charge in [-0.15, -0.1) is 0 Å². The summed E-state index contributed by atoms with van der Waals surface area (Å²) in [6, 6.07) is 27.2. The van der Waals surface area contributed by atoms with Crippen molar-refractivity contribution in [3.63, 3.8) is 0 Å². The highest BCUT2D eigenvalue weighted by Gasteiger charge is 2.36. The number of aryl methyl sites for hydroxylation is 1. The van der Waals surface area contributed by atoms with Crippen LogP contribution < -0.4 is 23.8 Å². The molecular weight excluding hydrogens is 667 g/mol. The normalized spacial score (nSPS) is 13.9. The van der Waals surface area contributed by atoms with Gasteiger partial charge in [-0.25, -0.2) is 8.42 Å². The molecule has 0 unspecified atom stereocenters. The average molecular weight is 714 g/mol. The maximum Gasteiger partial charge on any atom is 0.264 e. The van der Waals surface area contributed by atoms with Gasteiger partial charge in [0.2, 0.25) is 11.8 Å². The Morgan fingerprint density at radius 3 is 2.14 bits per heavy atom. The van der Waals surface area contributed by atoms with E-state index in [2.05, 4.69) is 5.32 Å². The van der Waals surface area contributed by atoms with Crippen molar-refractivity contribution in [1.82, 2.24) is 10.2 Å². The Morgan fingerprint density at radius 2 is 1.47 bits per heavy atom. The van der Waals surface area contributed by atoms with Gasteiger partial charge in [-0.1, -0.05) is 79.4 Å². The molecule has 1 atom stereocenters. The van der Waals surface area contributed by atoms with Gasteiger partial charge in [0.05, 0.1) is 31.9 Å². The molecule has 2 amide bonds. The van der Waals surface area contributed by atoms with Crippen LogP contribution in [0.3, 0.4) is 0 Å². The molecule has 51 heavy (non-hydrogen) atoms. The Morgan fingerprint density at radius 1 is 0.784 bits per heavy atom. The highest BCUT2D eigenvalue weighted by molar-refractivity contribution is 7.92. The third-order valence-corrected chi connectivity index (χ3v) is 11.0. The minimum Gasteiger partial charge on any atom is -0.497 e. The van der Waals surface area contributed by atoms with E-state index < -0.39 is 28.5 Å². The molecule has 0 aliphatic heterocycles. The molecule has 0 aromatic heterocycles. The fourth-order valence-electron chi connectivity index (χ4n) is 6.41. The molecule has 1 aliphatic carbocycles. The molecule has 5 rings (SSSR count). The molecule has 4 aromatic carbocycles. The van der Waals surface area contributed by atoms with Gasteiger partial charge in [0.25, 0.3) is 10.0 Å². The van der Waals surface area contributed by atoms with Crippen molar-refractivity contribution in [2.75, 3.05) is 32.2 Å². The van der Waals surface area contributed by atoms with Gasteiger partial charge < -0.3 is 24.4 Å². The van der Waals surface area contributed by atoms with Crippen molar-refractivity contribution < 1.29 is 32.2 Å². The smallest absolute Gasteiger partial charge is 0.264 e. The number of nitrogens with one attached hydrogen (secondary N) is 1. The van der Waals surface area contributed by atoms with Gasteiger partial charge in [-0.05, 0) is 67.3 Å². The Bertz CT molecular complexity index is 1880. The van der Waals surface area contributed by atoms with Gasteiger partial charge in [-0.3, -0.25) is 13.9 Å². The molecule has 270 valence electrons. The van der Waals surface area contributed by atoms with Gasteiger partial charge in [-0.2, -0.15) is 0 Å². The van der Waals surface area contributed by atoms with Crippen LogP contribution in [-0.2, 0) is 32.6 Å². The molecule has 11 heteroatoms. The molecule has 0 spiro atoms. The lowest BCUT2D eigenvalue weighted by Crippen LogP contribution is -2.55. The molecule has 1 saturated carbocycles. The third kappa shape index (κ3) is 9.40. The zero-order valence-corrected chi connectivity index (χ0v) is 30.5. The molecular formula is C40H47N3O7S. The lowest BCUT2D eigenvalue weighted by Gasteiger charge is -2.35. The number of anilines is 1. The van der Waals surface area contributed by atoms with Crippen LogP contribution in [0.25, 0.3) is 0 Å². The second-order valence-electron chi connectivity index (χ2n) is 12.8. The fourth-order valence-corrected chi connectivity index (χ4v) is 7.84. The summed E-state index contributed by atoms with van der Waals surface area (Å²) >= 11 is 0. The molecule has 10 nitrogen and oxygen atoms in total. The zero-order chi connectivity index (χ0) is 36.4. The zero-order valence-electron chi connectivity index (χ0n) is 29.7. The van der Waals surface area contributed by atoms with Crippen LogP contribution in [0.2, 0.25) is 0 Å². The van der Waals surface area contributed by atoms with Gasteiger partial charge in [0.1, 0.15) is 18.3 Å². The highest BCUT2D eigenvalue weighted by atomic mass is 32.2. The summed E-state index contributed by atoms with van der Waals surface area (Å²) in [5, 5.41) is 3.24. The number of rotatable bonds is 15. The SMILES string of the molecule is COc1cccc(CN(C(=O)CN(c2ccc(C)cc2)S(=O)(=O)c2ccc(OC)c(OC)c2)[C@H](Cc2ccccc2)C(=O)NC2CCCCC2)c1. The highest BCUT2D eigenvalue weighted by Crippen LogP contribution is 2.33. The summed E-state index contributed by atoms with van der Waals surface area (Å²) in [6.45, 7) is 1.38. The lowest BCUT2D eigenvalue weighted by atomic mass is 9.94. The van der Waals surface area contributed by atoms with Crippen molar-refractivity contribution in [1.29, 1.82) is 0 Å². The molecule has 1 aliphatic rings. The number of hydrogen-bond donors (Lipinski definition) is 1. The van der Waals surface area contributed by atoms with Crippen molar-refractivity contribution in [3.8, 4) is 17.2 Å². The Hall–Kier alpha value is -5.03. The number of nitrogens with zero attached hydrogens (tertiary/aromatic N) is 2. The number of sulfonamides is 1. The van der Waals surface area contributed by atoms with Gasteiger partial charge in [0, 0.05) is 25.1 Å². The molecule has 0 saturated heterocycles. The second kappa shape index (κ2) is 17.3. The second-order valence-corrected chi connectivity index (χ2v) is 14.6. The summed E-state index contributed by atoms with van der Waals surface area (Å²) in [5.74, 6) is 0.389. The number of methoxy groups -OCH3 is 3. The Balaban J connectivity index is 1.59. The number of carbonyl (C=O) groups is 2. The van der Waals surface area contributed by atoms with Crippen molar-refractivity contribution in [2.24, 2.45) is 0 Å². The molecule has 0 bridgehead atoms. The van der Waals surface area contributed by atoms with E-state index in [0.717, 1.165) is 53.1 Å². The first-order valence-electron chi connectivity index (χ1n) is 17.2. The van der Waals surface area contributed by atoms with E-state index >= 15 is 0 Å². The number of carbonyl (C=O) groups excluding carboxylic acids is 2. The number of amides is 2. The van der Waals surface area contributed by atoms with E-state index in [4.69, 9.17) is 14.2 Å². The molecule has 1 fully saturated rings. The topological polar surface area (TPSA) is 114 Å². The molecule has 4 aromatic rings. The van der Waals surface area contributed by atoms with Crippen molar-refractivity contribution in [3.05, 3.63) is 114 Å². The first-order chi connectivity index (χ1) is 24.6. The Kier molecular flexibility index (Phi) is 12.6. The first kappa shape index (κ1) is 37.2. The van der Waals surface area contributed by atoms with Gasteiger partial charge in [0.15, 0.2) is 11.5 Å². The van der Waals surface area contributed by atoms with E-state index in [1.807, 2.05) is 61.5 Å². The van der Waals surface area contributed by atoms with Crippen LogP contribution in [0, 0.1) is 6.92 Å². The van der Waals surface area contributed by atoms with E-state index in [-0.39, 0.29) is 35.6 Å². The number of ether oxygens (including phenoxy) is 3. The van der Waals surface area contributed by atoms with Gasteiger partial charge >= 0.3 is 0 Å². The van der Waals surface area contributed by atoms with Crippen LogP contribution in [-0.4, -0.2) is 65.1 Å². The summed E-state index contributed by atoms with van der Waals surface area (Å²) in [4.78, 5) is 30.6. The van der Waals surface area contributed by atoms with Crippen molar-refractivity contribution >= 4 is 27.5 Å². The Labute approximate surface area is 301 Å². The predicted molar refractivity (Wildman–Crippen MR) is 198 cm³/mol. The standard InChI is InChI=1S/C40H47N3O7S/c1-29-18-20-33(21-19-29)43(51(46,47)35-22-23-37(49-3)38(26-35)50-4)28-39(44)42(27-31-14-11-17-34(24-31)48-2)36(25-30-12-7-5-8-13-30)40(45)41-32-15-9-6-10-16-32/h5,7-8,11-14,17-24,26,32,36H,6,9-10,15-16,25,27-28H2,1-4H3,(H,41,45)/t36-/m1/s1. The number of hydrogen-bond acceptors (Lipinski definition) is 7. The largest absolute Gasteiger partial charge is 0.497 e. The van der Waals surface area contributed by atoms with Crippen LogP contribution in [0.4, 0.5) is 5.69 Å². The average Bonchev–Trinajstić information content (AvgIpc) is 3.16. The van der Waals surface area contributed by atoms with E-state index in [0.29, 0.717) is 17.2 Å². The predicted octanol–water partition coefficient (Wildman–Crippen LogP) is 6.31. The van der Waals surface area contributed by atoms with Crippen LogP contribution in [0.1, 0.15) is 48.8 Å². The first-order valence-corrected chi connectivity index (χ1v) is 18.6.